The molecule has 10 heteroatoms. The Morgan fingerprint density at radius 3 is 2.14 bits per heavy atom. The van der Waals surface area contributed by atoms with Crippen LogP contribution in [0.1, 0.15) is 11.1 Å². The molecule has 0 unspecified atom stereocenters. The van der Waals surface area contributed by atoms with Crippen molar-refractivity contribution in [3.63, 3.8) is 0 Å². The van der Waals surface area contributed by atoms with Crippen LogP contribution in [-0.2, 0) is 25.0 Å². The van der Waals surface area contributed by atoms with Crippen molar-refractivity contribution >= 4 is 37.8 Å². The highest BCUT2D eigenvalue weighted by Gasteiger charge is 2.32. The monoisotopic (exact) mass is 331 g/mol. The number of Topliss-reactive ketones (excluding diaryl/α,β-unsaturated/α-hetero) is 1. The number of hydrogen-bond acceptors (Lipinski definition) is 6. The molecule has 1 aliphatic rings. The lowest BCUT2D eigenvalue weighted by Gasteiger charge is -2.16. The van der Waals surface area contributed by atoms with Gasteiger partial charge < -0.3 is 0 Å². The van der Waals surface area contributed by atoms with Gasteiger partial charge in [0.25, 0.3) is 20.2 Å². The Hall–Kier alpha value is -1.88. The fourth-order valence-electron chi connectivity index (χ4n) is 1.90. The summed E-state index contributed by atoms with van der Waals surface area (Å²) in [5.74, 6) is -0.993. The Labute approximate surface area is 120 Å². The number of benzene rings is 1. The predicted molar refractivity (Wildman–Crippen MR) is 73.3 cm³/mol. The summed E-state index contributed by atoms with van der Waals surface area (Å²) >= 11 is 0. The maximum absolute atomic E-state index is 11.9. The van der Waals surface area contributed by atoms with Gasteiger partial charge >= 0.3 is 0 Å². The summed E-state index contributed by atoms with van der Waals surface area (Å²) in [6.45, 7) is 0. The van der Waals surface area contributed by atoms with E-state index in [0.29, 0.717) is 0 Å². The summed E-state index contributed by atoms with van der Waals surface area (Å²) in [5.41, 5.74) is -0.0118. The summed E-state index contributed by atoms with van der Waals surface area (Å²) in [7, 11) is -8.03. The van der Waals surface area contributed by atoms with Gasteiger partial charge in [0.1, 0.15) is 10.6 Å². The summed E-state index contributed by atoms with van der Waals surface area (Å²) in [6, 6.07) is 3.25. The largest absolute Gasteiger partial charge is 0.298 e. The number of carbonyl (C=O) groups excluding carboxylic acids is 1. The lowest BCUT2D eigenvalue weighted by Crippen LogP contribution is -2.26. The van der Waals surface area contributed by atoms with Crippen LogP contribution in [0.3, 0.4) is 0 Å². The molecule has 2 N–H and O–H groups in total. The Balaban J connectivity index is 2.83. The molecule has 0 aromatic heterocycles. The average molecular weight is 331 g/mol. The molecular weight excluding hydrogens is 322 g/mol. The SMILES string of the molecule is C/N=C1\C(=O)C(S(=O)(=O)O)=Cc2cc(S(=O)(=O)O)ccc21. The van der Waals surface area contributed by atoms with Crippen molar-refractivity contribution in [2.75, 3.05) is 7.05 Å². The van der Waals surface area contributed by atoms with Crippen molar-refractivity contribution in [2.45, 2.75) is 4.90 Å². The lowest BCUT2D eigenvalue weighted by molar-refractivity contribution is -0.109. The van der Waals surface area contributed by atoms with Crippen molar-refractivity contribution < 1.29 is 30.7 Å². The van der Waals surface area contributed by atoms with Gasteiger partial charge in [0.15, 0.2) is 0 Å². The molecule has 0 atom stereocenters. The zero-order valence-corrected chi connectivity index (χ0v) is 12.1. The van der Waals surface area contributed by atoms with Gasteiger partial charge in [-0.15, -0.1) is 0 Å². The van der Waals surface area contributed by atoms with Crippen LogP contribution >= 0.6 is 0 Å². The topological polar surface area (TPSA) is 138 Å². The molecule has 1 aromatic carbocycles. The van der Waals surface area contributed by atoms with Crippen molar-refractivity contribution in [3.05, 3.63) is 34.2 Å². The van der Waals surface area contributed by atoms with E-state index in [4.69, 9.17) is 9.11 Å². The first-order valence-electron chi connectivity index (χ1n) is 5.38. The lowest BCUT2D eigenvalue weighted by atomic mass is 9.94. The van der Waals surface area contributed by atoms with E-state index in [0.717, 1.165) is 18.2 Å². The molecule has 0 saturated carbocycles. The number of rotatable bonds is 2. The first-order valence-corrected chi connectivity index (χ1v) is 8.26. The number of fused-ring (bicyclic) bond motifs is 1. The second kappa shape index (κ2) is 4.84. The third-order valence-corrected chi connectivity index (χ3v) is 4.51. The maximum Gasteiger partial charge on any atom is 0.298 e. The highest BCUT2D eigenvalue weighted by Crippen LogP contribution is 2.27. The Bertz CT molecular complexity index is 908. The first kappa shape index (κ1) is 15.5. The second-order valence-electron chi connectivity index (χ2n) is 4.11. The molecule has 0 saturated heterocycles. The summed E-state index contributed by atoms with van der Waals surface area (Å²) < 4.78 is 62.6. The van der Waals surface area contributed by atoms with Crippen LogP contribution in [0.4, 0.5) is 0 Å². The molecule has 0 aliphatic heterocycles. The van der Waals surface area contributed by atoms with Crippen LogP contribution in [0.15, 0.2) is 33.0 Å². The van der Waals surface area contributed by atoms with Crippen LogP contribution in [-0.4, -0.2) is 44.5 Å². The minimum atomic E-state index is -4.79. The van der Waals surface area contributed by atoms with E-state index in [9.17, 15) is 21.6 Å². The van der Waals surface area contributed by atoms with E-state index >= 15 is 0 Å². The van der Waals surface area contributed by atoms with E-state index in [1.807, 2.05) is 0 Å². The minimum absolute atomic E-state index is 0.0259. The van der Waals surface area contributed by atoms with E-state index in [1.54, 1.807) is 0 Å². The molecule has 0 bridgehead atoms. The van der Waals surface area contributed by atoms with Crippen LogP contribution in [0, 0.1) is 0 Å². The number of aliphatic imine (C=N–C) groups is 1. The molecule has 1 aromatic rings. The molecule has 8 nitrogen and oxygen atoms in total. The molecule has 112 valence electrons. The average Bonchev–Trinajstić information content (AvgIpc) is 2.35. The highest BCUT2D eigenvalue weighted by molar-refractivity contribution is 7.91. The van der Waals surface area contributed by atoms with Crippen LogP contribution in [0.5, 0.6) is 0 Å². The predicted octanol–water partition coefficient (Wildman–Crippen LogP) is 0.164. The molecule has 21 heavy (non-hydrogen) atoms. The molecule has 0 radical (unpaired) electrons. The Morgan fingerprint density at radius 1 is 1.05 bits per heavy atom. The van der Waals surface area contributed by atoms with Crippen LogP contribution < -0.4 is 0 Å². The Kier molecular flexibility index (Phi) is 3.58. The molecule has 0 amide bonds. The fourth-order valence-corrected chi connectivity index (χ4v) is 3.02. The summed E-state index contributed by atoms with van der Waals surface area (Å²) in [4.78, 5) is 14.2. The smallest absolute Gasteiger partial charge is 0.286 e. The Morgan fingerprint density at radius 2 is 1.67 bits per heavy atom. The number of nitrogens with zero attached hydrogens (tertiary/aromatic N) is 1. The number of ketones is 1. The molecule has 0 spiro atoms. The molecular formula is C11H9NO7S2. The van der Waals surface area contributed by atoms with Gasteiger partial charge in [0.05, 0.1) is 4.90 Å². The number of carbonyl (C=O) groups is 1. The van der Waals surface area contributed by atoms with Gasteiger partial charge in [0, 0.05) is 12.6 Å². The third-order valence-electron chi connectivity index (χ3n) is 2.80. The van der Waals surface area contributed by atoms with E-state index in [2.05, 4.69) is 4.99 Å². The van der Waals surface area contributed by atoms with Gasteiger partial charge in [-0.2, -0.15) is 16.8 Å². The highest BCUT2D eigenvalue weighted by atomic mass is 32.2. The van der Waals surface area contributed by atoms with Crippen LogP contribution in [0.25, 0.3) is 6.08 Å². The molecule has 1 aliphatic carbocycles. The second-order valence-corrected chi connectivity index (χ2v) is 6.92. The molecule has 0 fully saturated rings. The molecule has 2 rings (SSSR count). The van der Waals surface area contributed by atoms with Crippen LogP contribution in [0.2, 0.25) is 0 Å². The standard InChI is InChI=1S/C11H9NO7S2/c1-12-10-8-3-2-7(20(14,15)16)4-6(8)5-9(11(10)13)21(17,18)19/h2-5H,1H3,(H,14,15,16)(H,17,18,19)/b12-10-. The third kappa shape index (κ3) is 2.78. The minimum Gasteiger partial charge on any atom is -0.286 e. The quantitative estimate of drug-likeness (QED) is 0.736. The zero-order valence-electron chi connectivity index (χ0n) is 10.5. The normalized spacial score (nSPS) is 17.6. The first-order chi connectivity index (χ1) is 9.55. The van der Waals surface area contributed by atoms with Crippen molar-refractivity contribution in [1.82, 2.24) is 0 Å². The number of allylic oxidation sites excluding steroid dienone is 1. The van der Waals surface area contributed by atoms with Gasteiger partial charge in [-0.25, -0.2) is 0 Å². The van der Waals surface area contributed by atoms with Gasteiger partial charge in [-0.3, -0.25) is 18.9 Å². The zero-order chi connectivity index (χ0) is 16.0. The van der Waals surface area contributed by atoms with Crippen molar-refractivity contribution in [1.29, 1.82) is 0 Å². The fraction of sp³-hybridized carbons (Fsp3) is 0.0909. The molecule has 0 heterocycles. The van der Waals surface area contributed by atoms with Crippen molar-refractivity contribution in [3.8, 4) is 0 Å². The number of hydrogen-bond donors (Lipinski definition) is 2. The van der Waals surface area contributed by atoms with E-state index in [1.165, 1.54) is 13.1 Å². The van der Waals surface area contributed by atoms with Gasteiger partial charge in [0.2, 0.25) is 5.78 Å². The van der Waals surface area contributed by atoms with Gasteiger partial charge in [-0.05, 0) is 23.8 Å². The maximum atomic E-state index is 11.9. The van der Waals surface area contributed by atoms with E-state index < -0.39 is 35.8 Å². The van der Waals surface area contributed by atoms with Gasteiger partial charge in [-0.1, -0.05) is 6.07 Å². The summed E-state index contributed by atoms with van der Waals surface area (Å²) in [5, 5.41) is 0. The van der Waals surface area contributed by atoms with E-state index in [-0.39, 0.29) is 16.8 Å². The summed E-state index contributed by atoms with van der Waals surface area (Å²) in [6.07, 6.45) is 0.830. The van der Waals surface area contributed by atoms with Crippen molar-refractivity contribution in [2.24, 2.45) is 4.99 Å².